The van der Waals surface area contributed by atoms with Crippen molar-refractivity contribution in [1.82, 2.24) is 5.06 Å². The largest absolute Gasteiger partial charge is 0.417 e. The maximum atomic E-state index is 15.7. The first-order valence-electron chi connectivity index (χ1n) is 11.1. The van der Waals surface area contributed by atoms with Crippen molar-refractivity contribution in [1.29, 1.82) is 0 Å². The number of hydrogen-bond acceptors (Lipinski definition) is 3. The van der Waals surface area contributed by atoms with Gasteiger partial charge in [-0.25, -0.2) is 9.45 Å². The topological polar surface area (TPSA) is 72.6 Å². The van der Waals surface area contributed by atoms with Gasteiger partial charge in [-0.05, 0) is 42.3 Å². The molecule has 0 aliphatic carbocycles. The van der Waals surface area contributed by atoms with Gasteiger partial charge in [0.1, 0.15) is 18.3 Å². The van der Waals surface area contributed by atoms with Crippen LogP contribution in [-0.2, 0) is 15.8 Å². The van der Waals surface area contributed by atoms with Crippen LogP contribution >= 0.6 is 34.8 Å². The van der Waals surface area contributed by atoms with Crippen molar-refractivity contribution < 1.29 is 58.3 Å². The number of halogens is 13. The van der Waals surface area contributed by atoms with Crippen molar-refractivity contribution in [3.05, 3.63) is 73.2 Å². The van der Waals surface area contributed by atoms with Gasteiger partial charge in [0.25, 0.3) is 5.91 Å². The summed E-state index contributed by atoms with van der Waals surface area (Å²) in [6.45, 7) is -1.51. The van der Waals surface area contributed by atoms with Crippen LogP contribution in [0.5, 0.6) is 0 Å². The van der Waals surface area contributed by atoms with E-state index in [1.807, 2.05) is 0 Å². The zero-order chi connectivity index (χ0) is 32.5. The van der Waals surface area contributed by atoms with Crippen molar-refractivity contribution in [3.63, 3.8) is 0 Å². The molecule has 0 aliphatic rings. The molecule has 2 rings (SSSR count). The van der Waals surface area contributed by atoms with Crippen LogP contribution in [0.4, 0.5) is 43.9 Å². The molecule has 18 heteroatoms. The number of alkyl halides is 9. The number of primary amides is 1. The highest BCUT2D eigenvalue weighted by molar-refractivity contribution is 6.48. The molecule has 5 nitrogen and oxygen atoms in total. The Labute approximate surface area is 245 Å². The number of amides is 2. The van der Waals surface area contributed by atoms with Gasteiger partial charge in [-0.3, -0.25) is 14.4 Å². The summed E-state index contributed by atoms with van der Waals surface area (Å²) in [6.07, 6.45) is -16.2. The van der Waals surface area contributed by atoms with E-state index < -0.39 is 92.4 Å². The van der Waals surface area contributed by atoms with Crippen LogP contribution in [-0.4, -0.2) is 42.9 Å². The van der Waals surface area contributed by atoms with Gasteiger partial charge in [0, 0.05) is 5.56 Å². The van der Waals surface area contributed by atoms with E-state index in [-0.39, 0.29) is 16.2 Å². The second kappa shape index (κ2) is 12.9. The molecule has 2 amide bonds. The number of allylic oxidation sites excluding steroid dienone is 1. The van der Waals surface area contributed by atoms with E-state index >= 15 is 4.39 Å². The third-order valence-electron chi connectivity index (χ3n) is 5.68. The molecule has 0 saturated heterocycles. The summed E-state index contributed by atoms with van der Waals surface area (Å²) < 4.78 is 139. The molecular formula is C24H17Cl3F10N2O3. The highest BCUT2D eigenvalue weighted by Gasteiger charge is 2.45. The van der Waals surface area contributed by atoms with E-state index in [0.717, 1.165) is 0 Å². The Morgan fingerprint density at radius 2 is 1.48 bits per heavy atom. The van der Waals surface area contributed by atoms with Crippen molar-refractivity contribution in [2.24, 2.45) is 5.73 Å². The summed E-state index contributed by atoms with van der Waals surface area (Å²) in [4.78, 5) is 29.0. The van der Waals surface area contributed by atoms with Crippen LogP contribution in [0.3, 0.4) is 0 Å². The Kier molecular flexibility index (Phi) is 10.9. The van der Waals surface area contributed by atoms with Gasteiger partial charge in [-0.1, -0.05) is 40.9 Å². The molecule has 0 bridgehead atoms. The SMILES string of the molecule is CON(CC(F)(F)F)C(=O)[C@H](C)c1c(/C(F)=C/C(c2cc(Cl)c(Cl)c(Cl)c2)C(F)(F)F)ccc(C(N)=O)c1C(F)(F)F. The molecule has 2 atom stereocenters. The zero-order valence-electron chi connectivity index (χ0n) is 20.9. The lowest BCUT2D eigenvalue weighted by Gasteiger charge is -2.28. The van der Waals surface area contributed by atoms with E-state index in [0.29, 0.717) is 38.3 Å². The zero-order valence-corrected chi connectivity index (χ0v) is 23.2. The van der Waals surface area contributed by atoms with E-state index in [1.54, 1.807) is 0 Å². The Hall–Kier alpha value is -2.75. The third kappa shape index (κ3) is 8.20. The number of benzene rings is 2. The fraction of sp³-hybridized carbons (Fsp3) is 0.333. The van der Waals surface area contributed by atoms with Gasteiger partial charge in [0.2, 0.25) is 5.91 Å². The lowest BCUT2D eigenvalue weighted by Crippen LogP contribution is -2.41. The average Bonchev–Trinajstić information content (AvgIpc) is 2.84. The highest BCUT2D eigenvalue weighted by atomic mass is 35.5. The number of hydroxylamine groups is 2. The molecular weight excluding hydrogens is 661 g/mol. The second-order valence-corrected chi connectivity index (χ2v) is 9.73. The standard InChI is InChI=1S/C24H17Cl3F10N2O3/c1-9(21(41)39(42-2)8-22(29,30)31)17-11(3-4-12(20(38)40)18(17)24(35,36)37)16(28)7-13(23(32,33)34)10-5-14(25)19(27)15(26)6-10/h3-7,9,13H,8H2,1-2H3,(H2,38,40)/b16-7-/t9-,13?/m1/s1. The Morgan fingerprint density at radius 1 is 0.976 bits per heavy atom. The van der Waals surface area contributed by atoms with E-state index in [9.17, 15) is 49.1 Å². The number of nitrogens with zero attached hydrogens (tertiary/aromatic N) is 1. The van der Waals surface area contributed by atoms with Crippen molar-refractivity contribution in [2.75, 3.05) is 13.7 Å². The molecule has 2 aromatic rings. The summed E-state index contributed by atoms with van der Waals surface area (Å²) >= 11 is 17.3. The summed E-state index contributed by atoms with van der Waals surface area (Å²) in [6, 6.07) is 2.12. The van der Waals surface area contributed by atoms with Crippen molar-refractivity contribution in [3.8, 4) is 0 Å². The third-order valence-corrected chi connectivity index (χ3v) is 6.87. The van der Waals surface area contributed by atoms with Crippen LogP contribution in [0.25, 0.3) is 5.83 Å². The molecule has 0 heterocycles. The highest BCUT2D eigenvalue weighted by Crippen LogP contribution is 2.45. The summed E-state index contributed by atoms with van der Waals surface area (Å²) in [5.74, 6) is -10.8. The monoisotopic (exact) mass is 676 g/mol. The summed E-state index contributed by atoms with van der Waals surface area (Å²) in [5.41, 5.74) is -1.96. The lowest BCUT2D eigenvalue weighted by molar-refractivity contribution is -0.224. The van der Waals surface area contributed by atoms with E-state index in [1.165, 1.54) is 0 Å². The van der Waals surface area contributed by atoms with Crippen LogP contribution < -0.4 is 5.73 Å². The van der Waals surface area contributed by atoms with Gasteiger partial charge >= 0.3 is 18.5 Å². The fourth-order valence-electron chi connectivity index (χ4n) is 3.89. The lowest BCUT2D eigenvalue weighted by atomic mass is 9.85. The van der Waals surface area contributed by atoms with Crippen molar-refractivity contribution >= 4 is 52.4 Å². The molecule has 2 aromatic carbocycles. The summed E-state index contributed by atoms with van der Waals surface area (Å²) in [7, 11) is 0.582. The van der Waals surface area contributed by atoms with Gasteiger partial charge in [0.15, 0.2) is 0 Å². The average molecular weight is 678 g/mol. The van der Waals surface area contributed by atoms with Gasteiger partial charge in [-0.2, -0.15) is 39.5 Å². The van der Waals surface area contributed by atoms with E-state index in [4.69, 9.17) is 40.5 Å². The number of carbonyl (C=O) groups is 2. The number of hydrogen-bond donors (Lipinski definition) is 1. The minimum Gasteiger partial charge on any atom is -0.366 e. The Morgan fingerprint density at radius 3 is 1.88 bits per heavy atom. The molecule has 0 radical (unpaired) electrons. The molecule has 0 fully saturated rings. The summed E-state index contributed by atoms with van der Waals surface area (Å²) in [5, 5.41) is -1.68. The first-order valence-corrected chi connectivity index (χ1v) is 12.2. The normalized spacial score (nSPS) is 14.5. The molecule has 2 N–H and O–H groups in total. The van der Waals surface area contributed by atoms with Gasteiger partial charge < -0.3 is 5.73 Å². The smallest absolute Gasteiger partial charge is 0.366 e. The molecule has 42 heavy (non-hydrogen) atoms. The molecule has 0 aromatic heterocycles. The second-order valence-electron chi connectivity index (χ2n) is 8.54. The number of rotatable bonds is 8. The van der Waals surface area contributed by atoms with E-state index in [2.05, 4.69) is 4.84 Å². The predicted molar refractivity (Wildman–Crippen MR) is 133 cm³/mol. The minimum absolute atomic E-state index is 0.167. The molecule has 0 saturated carbocycles. The van der Waals surface area contributed by atoms with Gasteiger partial charge in [-0.15, -0.1) is 0 Å². The fourth-order valence-corrected chi connectivity index (χ4v) is 4.51. The predicted octanol–water partition coefficient (Wildman–Crippen LogP) is 8.48. The first-order chi connectivity index (χ1) is 19.0. The van der Waals surface area contributed by atoms with Crippen LogP contribution in [0, 0.1) is 0 Å². The minimum atomic E-state index is -5.60. The number of carbonyl (C=O) groups excluding carboxylic acids is 2. The number of nitrogens with two attached hydrogens (primary N) is 1. The van der Waals surface area contributed by atoms with Crippen LogP contribution in [0.2, 0.25) is 15.1 Å². The van der Waals surface area contributed by atoms with Crippen LogP contribution in [0.15, 0.2) is 30.3 Å². The van der Waals surface area contributed by atoms with Crippen LogP contribution in [0.1, 0.15) is 51.4 Å². The maximum absolute atomic E-state index is 15.7. The molecule has 0 spiro atoms. The molecule has 1 unspecified atom stereocenters. The maximum Gasteiger partial charge on any atom is 0.417 e. The first kappa shape index (κ1) is 35.4. The van der Waals surface area contributed by atoms with Crippen molar-refractivity contribution in [2.45, 2.75) is 37.3 Å². The van der Waals surface area contributed by atoms with Gasteiger partial charge in [0.05, 0.1) is 39.2 Å². The quantitative estimate of drug-likeness (QED) is 0.173. The molecule has 0 aliphatic heterocycles. The Bertz CT molecular complexity index is 1370. The molecule has 232 valence electrons. The Balaban J connectivity index is 2.94.